The monoisotopic (exact) mass is 287 g/mol. The molecule has 0 bridgehead atoms. The summed E-state index contributed by atoms with van der Waals surface area (Å²) in [5.41, 5.74) is 4.02. The van der Waals surface area contributed by atoms with Crippen LogP contribution in [0.5, 0.6) is 0 Å². The van der Waals surface area contributed by atoms with E-state index in [0.29, 0.717) is 12.2 Å². The molecule has 0 heterocycles. The molecule has 6 heteroatoms. The van der Waals surface area contributed by atoms with Gasteiger partial charge >= 0.3 is 5.97 Å². The highest BCUT2D eigenvalue weighted by molar-refractivity contribution is 7.79. The minimum Gasteiger partial charge on any atom is -0.768 e. The molecule has 0 aromatic heterocycles. The van der Waals surface area contributed by atoms with Crippen molar-refractivity contribution in [2.45, 2.75) is 31.6 Å². The van der Waals surface area contributed by atoms with E-state index in [1.165, 1.54) is 37.1 Å². The zero-order valence-corrected chi connectivity index (χ0v) is 12.2. The van der Waals surface area contributed by atoms with E-state index in [-0.39, 0.29) is 4.90 Å². The Morgan fingerprint density at radius 1 is 1.32 bits per heavy atom. The molecule has 3 N–H and O–H groups in total. The standard InChI is InChI=1S/C9H10O4S.C4H11N/c1-2-13-9(10)7-3-5-8(6-4-7)14(11)12;1-2-3-4-5/h3-6H,2H2,1H3,(H,11,12);2-5H2,1H3. The van der Waals surface area contributed by atoms with Crippen LogP contribution in [0.3, 0.4) is 0 Å². The number of benzene rings is 1. The molecule has 0 aliphatic carbocycles. The molecule has 1 rings (SSSR count). The van der Waals surface area contributed by atoms with Gasteiger partial charge in [-0.1, -0.05) is 13.3 Å². The molecule has 0 saturated heterocycles. The molecule has 1 aromatic rings. The molecular formula is C13H21NO4S. The van der Waals surface area contributed by atoms with Gasteiger partial charge in [-0.2, -0.15) is 0 Å². The third-order valence-corrected chi connectivity index (χ3v) is 2.82. The van der Waals surface area contributed by atoms with E-state index in [1.54, 1.807) is 6.92 Å². The average Bonchev–Trinajstić information content (AvgIpc) is 2.41. The minimum atomic E-state index is -2.26. The maximum atomic E-state index is 11.1. The smallest absolute Gasteiger partial charge is 0.338 e. The van der Waals surface area contributed by atoms with Gasteiger partial charge in [-0.3, -0.25) is 4.21 Å². The quantitative estimate of drug-likeness (QED) is 0.649. The second-order valence-electron chi connectivity index (χ2n) is 3.69. The molecule has 0 fully saturated rings. The van der Waals surface area contributed by atoms with Gasteiger partial charge in [-0.05, 0) is 48.7 Å². The van der Waals surface area contributed by atoms with Gasteiger partial charge in [0.25, 0.3) is 0 Å². The Morgan fingerprint density at radius 3 is 2.21 bits per heavy atom. The Balaban J connectivity index is 0.000000555. The number of carbonyl (C=O) groups excluding carboxylic acids is 1. The Kier molecular flexibility index (Phi) is 9.97. The van der Waals surface area contributed by atoms with E-state index < -0.39 is 17.0 Å². The van der Waals surface area contributed by atoms with Crippen molar-refractivity contribution in [3.05, 3.63) is 29.8 Å². The lowest BCUT2D eigenvalue weighted by Gasteiger charge is -2.05. The molecule has 1 atom stereocenters. The predicted octanol–water partition coefficient (Wildman–Crippen LogP) is 1.13. The summed E-state index contributed by atoms with van der Waals surface area (Å²) in [6.07, 6.45) is 2.56. The van der Waals surface area contributed by atoms with Crippen molar-refractivity contribution < 1.29 is 24.0 Å². The number of carbonyl (C=O) groups is 1. The summed E-state index contributed by atoms with van der Waals surface area (Å²) in [4.78, 5) is 11.3. The van der Waals surface area contributed by atoms with Crippen LogP contribution >= 0.6 is 0 Å². The second kappa shape index (κ2) is 10.7. The van der Waals surface area contributed by atoms with Crippen LogP contribution in [0.4, 0.5) is 0 Å². The Hall–Kier alpha value is -1.24. The number of ether oxygens (including phenoxy) is 1. The van der Waals surface area contributed by atoms with Gasteiger partial charge in [0.2, 0.25) is 0 Å². The SMILES string of the molecule is CCCC[NH3+].CCOC(=O)c1ccc(S(=O)[O-])cc1. The summed E-state index contributed by atoms with van der Waals surface area (Å²) in [7, 11) is 0. The van der Waals surface area contributed by atoms with Crippen LogP contribution in [0.15, 0.2) is 29.2 Å². The first-order valence-corrected chi connectivity index (χ1v) is 7.29. The van der Waals surface area contributed by atoms with Crippen molar-refractivity contribution in [1.82, 2.24) is 0 Å². The van der Waals surface area contributed by atoms with Gasteiger partial charge in [-0.15, -0.1) is 0 Å². The number of hydrogen-bond donors (Lipinski definition) is 1. The lowest BCUT2D eigenvalue weighted by atomic mass is 10.2. The molecule has 0 radical (unpaired) electrons. The van der Waals surface area contributed by atoms with Crippen LogP contribution in [-0.4, -0.2) is 27.9 Å². The van der Waals surface area contributed by atoms with Crippen molar-refractivity contribution >= 4 is 17.0 Å². The zero-order valence-electron chi connectivity index (χ0n) is 11.4. The van der Waals surface area contributed by atoms with Crippen molar-refractivity contribution in [3.8, 4) is 0 Å². The topological polar surface area (TPSA) is 94.1 Å². The first-order valence-electron chi connectivity index (χ1n) is 6.22. The first kappa shape index (κ1) is 17.8. The van der Waals surface area contributed by atoms with Gasteiger partial charge in [0, 0.05) is 4.90 Å². The lowest BCUT2D eigenvalue weighted by Crippen LogP contribution is -2.49. The molecule has 0 saturated carbocycles. The molecular weight excluding hydrogens is 266 g/mol. The number of quaternary nitrogens is 1. The Bertz CT molecular complexity index is 390. The van der Waals surface area contributed by atoms with Crippen molar-refractivity contribution in [2.75, 3.05) is 13.2 Å². The maximum absolute atomic E-state index is 11.1. The fraction of sp³-hybridized carbons (Fsp3) is 0.462. The highest BCUT2D eigenvalue weighted by atomic mass is 32.2. The van der Waals surface area contributed by atoms with Gasteiger partial charge in [0.1, 0.15) is 0 Å². The van der Waals surface area contributed by atoms with Gasteiger partial charge in [0.05, 0.1) is 18.7 Å². The van der Waals surface area contributed by atoms with Crippen molar-refractivity contribution in [3.63, 3.8) is 0 Å². The molecule has 0 amide bonds. The summed E-state index contributed by atoms with van der Waals surface area (Å²) in [5.74, 6) is -0.448. The van der Waals surface area contributed by atoms with Crippen LogP contribution in [-0.2, 0) is 15.8 Å². The zero-order chi connectivity index (χ0) is 14.7. The van der Waals surface area contributed by atoms with Crippen molar-refractivity contribution in [2.24, 2.45) is 0 Å². The van der Waals surface area contributed by atoms with E-state index in [1.807, 2.05) is 0 Å². The van der Waals surface area contributed by atoms with E-state index in [2.05, 4.69) is 12.7 Å². The van der Waals surface area contributed by atoms with E-state index >= 15 is 0 Å². The maximum Gasteiger partial charge on any atom is 0.338 e. The van der Waals surface area contributed by atoms with Gasteiger partial charge < -0.3 is 15.0 Å². The molecule has 1 unspecified atom stereocenters. The molecule has 0 spiro atoms. The van der Waals surface area contributed by atoms with Crippen LogP contribution in [0.1, 0.15) is 37.0 Å². The summed E-state index contributed by atoms with van der Waals surface area (Å²) in [6, 6.07) is 5.55. The third kappa shape index (κ3) is 7.71. The molecule has 0 aliphatic rings. The molecule has 1 aromatic carbocycles. The third-order valence-electron chi connectivity index (χ3n) is 2.16. The summed E-state index contributed by atoms with van der Waals surface area (Å²) >= 11 is -2.26. The number of rotatable bonds is 5. The van der Waals surface area contributed by atoms with Crippen LogP contribution < -0.4 is 5.73 Å². The molecule has 19 heavy (non-hydrogen) atoms. The molecule has 108 valence electrons. The largest absolute Gasteiger partial charge is 0.768 e. The average molecular weight is 287 g/mol. The van der Waals surface area contributed by atoms with Crippen LogP contribution in [0.25, 0.3) is 0 Å². The van der Waals surface area contributed by atoms with Gasteiger partial charge in [-0.25, -0.2) is 4.79 Å². The van der Waals surface area contributed by atoms with E-state index in [9.17, 15) is 13.6 Å². The van der Waals surface area contributed by atoms with Gasteiger partial charge in [0.15, 0.2) is 0 Å². The predicted molar refractivity (Wildman–Crippen MR) is 72.2 cm³/mol. The second-order valence-corrected chi connectivity index (χ2v) is 4.63. The Morgan fingerprint density at radius 2 is 1.89 bits per heavy atom. The number of unbranched alkanes of at least 4 members (excludes halogenated alkanes) is 1. The number of esters is 1. The Labute approximate surface area is 116 Å². The van der Waals surface area contributed by atoms with E-state index in [0.717, 1.165) is 6.54 Å². The summed E-state index contributed by atoms with van der Waals surface area (Å²) in [5, 5.41) is 0. The summed E-state index contributed by atoms with van der Waals surface area (Å²) in [6.45, 7) is 5.27. The minimum absolute atomic E-state index is 0.151. The molecule has 5 nitrogen and oxygen atoms in total. The van der Waals surface area contributed by atoms with Crippen molar-refractivity contribution in [1.29, 1.82) is 0 Å². The van der Waals surface area contributed by atoms with Crippen LogP contribution in [0, 0.1) is 0 Å². The highest BCUT2D eigenvalue weighted by Crippen LogP contribution is 2.08. The molecule has 0 aliphatic heterocycles. The highest BCUT2D eigenvalue weighted by Gasteiger charge is 2.05. The number of hydrogen-bond acceptors (Lipinski definition) is 4. The fourth-order valence-corrected chi connectivity index (χ4v) is 1.52. The summed E-state index contributed by atoms with van der Waals surface area (Å²) < 4.78 is 25.7. The van der Waals surface area contributed by atoms with Crippen LogP contribution in [0.2, 0.25) is 0 Å². The fourth-order valence-electron chi connectivity index (χ4n) is 1.17. The lowest BCUT2D eigenvalue weighted by molar-refractivity contribution is -0.368. The normalized spacial score (nSPS) is 11.2. The first-order chi connectivity index (χ1) is 9.06. The van der Waals surface area contributed by atoms with E-state index in [4.69, 9.17) is 4.74 Å².